The van der Waals surface area contributed by atoms with Crippen molar-refractivity contribution in [3.8, 4) is 0 Å². The van der Waals surface area contributed by atoms with Gasteiger partial charge >= 0.3 is 12.4 Å². The minimum atomic E-state index is -5.02. The fraction of sp³-hybridized carbons (Fsp3) is 0.250. The van der Waals surface area contributed by atoms with Gasteiger partial charge in [-0.05, 0) is 53.8 Å². The first kappa shape index (κ1) is 27.1. The van der Waals surface area contributed by atoms with Crippen LogP contribution in [0.25, 0.3) is 6.08 Å². The van der Waals surface area contributed by atoms with Crippen LogP contribution in [0.5, 0.6) is 0 Å². The van der Waals surface area contributed by atoms with Crippen LogP contribution in [-0.4, -0.2) is 16.5 Å². The van der Waals surface area contributed by atoms with Crippen molar-refractivity contribution >= 4 is 12.0 Å². The number of aliphatic hydroxyl groups is 1. The second kappa shape index (κ2) is 10.1. The third-order valence-corrected chi connectivity index (χ3v) is 4.67. The van der Waals surface area contributed by atoms with Gasteiger partial charge in [0.05, 0.1) is 23.4 Å². The van der Waals surface area contributed by atoms with Gasteiger partial charge in [0.2, 0.25) is 0 Å². The molecule has 165 valence electrons. The summed E-state index contributed by atoms with van der Waals surface area (Å²) in [6, 6.07) is 5.45. The minimum Gasteiger partial charge on any atom is -0.516 e. The number of carbonyl (C=O) groups excluding carboxylic acids is 1. The zero-order valence-electron chi connectivity index (χ0n) is 15.8. The van der Waals surface area contributed by atoms with Crippen LogP contribution in [0.15, 0.2) is 42.7 Å². The summed E-state index contributed by atoms with van der Waals surface area (Å²) in [5.74, 6) is -1.02. The van der Waals surface area contributed by atoms with Gasteiger partial charge in [0, 0.05) is 38.3 Å². The molecular formula is C20H17F6NO3Y. The van der Waals surface area contributed by atoms with E-state index in [9.17, 15) is 31.1 Å². The van der Waals surface area contributed by atoms with Crippen LogP contribution in [-0.2, 0) is 51.5 Å². The summed E-state index contributed by atoms with van der Waals surface area (Å²) in [5.41, 5.74) is -1.44. The van der Waals surface area contributed by atoms with Crippen LogP contribution in [0.4, 0.5) is 26.3 Å². The molecule has 0 spiro atoms. The first-order valence-electron chi connectivity index (χ1n) is 8.53. The zero-order valence-corrected chi connectivity index (χ0v) is 18.6. The Morgan fingerprint density at radius 3 is 2.10 bits per heavy atom. The molecule has 0 saturated heterocycles. The van der Waals surface area contributed by atoms with Gasteiger partial charge in [0.1, 0.15) is 0 Å². The number of carbonyl (C=O) groups is 1. The maximum Gasteiger partial charge on any atom is 0.416 e. The Balaban J connectivity index is 0.00000240. The van der Waals surface area contributed by atoms with Crippen molar-refractivity contribution in [2.45, 2.75) is 31.2 Å². The maximum absolute atomic E-state index is 13.0. The van der Waals surface area contributed by atoms with E-state index in [0.717, 1.165) is 23.0 Å². The number of rotatable bonds is 3. The van der Waals surface area contributed by atoms with Gasteiger partial charge in [-0.3, -0.25) is 4.79 Å². The maximum atomic E-state index is 13.0. The van der Waals surface area contributed by atoms with Crippen LogP contribution < -0.4 is 5.32 Å². The molecule has 4 nitrogen and oxygen atoms in total. The Morgan fingerprint density at radius 1 is 1.00 bits per heavy atom. The fourth-order valence-electron chi connectivity index (χ4n) is 3.30. The Bertz CT molecular complexity index is 940. The van der Waals surface area contributed by atoms with Crippen molar-refractivity contribution in [2.24, 2.45) is 0 Å². The third-order valence-electron chi connectivity index (χ3n) is 4.67. The first-order valence-corrected chi connectivity index (χ1v) is 8.53. The summed E-state index contributed by atoms with van der Waals surface area (Å²) in [4.78, 5) is 12.4. The van der Waals surface area contributed by atoms with E-state index in [-0.39, 0.29) is 44.3 Å². The smallest absolute Gasteiger partial charge is 0.416 e. The Kier molecular flexibility index (Phi) is 8.88. The van der Waals surface area contributed by atoms with Crippen LogP contribution >= 0.6 is 0 Å². The van der Waals surface area contributed by atoms with Gasteiger partial charge in [0.25, 0.3) is 5.91 Å². The normalized spacial score (nSPS) is 15.7. The average molecular weight is 522 g/mol. The van der Waals surface area contributed by atoms with Crippen LogP contribution in [0.3, 0.4) is 0 Å². The number of hydrogen-bond donors (Lipinski definition) is 2. The molecule has 0 saturated carbocycles. The van der Waals surface area contributed by atoms with Gasteiger partial charge in [-0.15, -0.1) is 0 Å². The molecule has 1 amide bonds. The predicted octanol–water partition coefficient (Wildman–Crippen LogP) is 4.84. The third kappa shape index (κ3) is 6.30. The molecule has 0 bridgehead atoms. The summed E-state index contributed by atoms with van der Waals surface area (Å²) < 4.78 is 77.9. The van der Waals surface area contributed by atoms with Gasteiger partial charge in [-0.25, -0.2) is 0 Å². The molecule has 4 N–H and O–H groups in total. The monoisotopic (exact) mass is 522 g/mol. The molecule has 1 radical (unpaired) electrons. The van der Waals surface area contributed by atoms with Crippen molar-refractivity contribution in [1.29, 1.82) is 0 Å². The van der Waals surface area contributed by atoms with E-state index in [1.54, 1.807) is 18.2 Å². The quantitative estimate of drug-likeness (QED) is 0.447. The number of hydrogen-bond acceptors (Lipinski definition) is 2. The number of aryl methyl sites for hydroxylation is 1. The number of nitrogens with one attached hydrogen (secondary N) is 1. The molecule has 0 fully saturated rings. The van der Waals surface area contributed by atoms with Gasteiger partial charge < -0.3 is 15.9 Å². The summed E-state index contributed by atoms with van der Waals surface area (Å²) in [5, 5.41) is 11.3. The van der Waals surface area contributed by atoms with Gasteiger partial charge in [-0.1, -0.05) is 18.2 Å². The molecule has 1 aliphatic carbocycles. The summed E-state index contributed by atoms with van der Waals surface area (Å²) >= 11 is 0. The molecule has 2 aromatic rings. The number of alkyl halides is 6. The fourth-order valence-corrected chi connectivity index (χ4v) is 3.30. The minimum absolute atomic E-state index is 0. The van der Waals surface area contributed by atoms with E-state index < -0.39 is 41.0 Å². The van der Waals surface area contributed by atoms with Gasteiger partial charge in [-0.2, -0.15) is 26.3 Å². The van der Waals surface area contributed by atoms with Crippen molar-refractivity contribution in [1.82, 2.24) is 5.32 Å². The van der Waals surface area contributed by atoms with E-state index in [1.807, 2.05) is 0 Å². The topological polar surface area (TPSA) is 80.8 Å². The van der Waals surface area contributed by atoms with Crippen molar-refractivity contribution in [3.05, 3.63) is 76.0 Å². The average Bonchev–Trinajstić information content (AvgIpc) is 3.02. The molecule has 11 heteroatoms. The van der Waals surface area contributed by atoms with Crippen LogP contribution in [0.2, 0.25) is 0 Å². The number of amides is 1. The van der Waals surface area contributed by atoms with Crippen LogP contribution in [0, 0.1) is 0 Å². The van der Waals surface area contributed by atoms with E-state index in [1.165, 1.54) is 6.08 Å². The summed E-state index contributed by atoms with van der Waals surface area (Å²) in [6.07, 6.45) is -6.67. The molecular weight excluding hydrogens is 505 g/mol. The van der Waals surface area contributed by atoms with E-state index in [2.05, 4.69) is 5.32 Å². The summed E-state index contributed by atoms with van der Waals surface area (Å²) in [6.45, 7) is 0. The SMILES string of the molecule is O.O=C(NC1CCc2cc(/C=C/O)ccc21)c1cc(C(F)(F)F)cc(C(F)(F)F)c1.[Y]. The molecule has 0 aliphatic heterocycles. The molecule has 1 aliphatic rings. The van der Waals surface area contributed by atoms with Crippen molar-refractivity contribution in [2.75, 3.05) is 0 Å². The number of halogens is 6. The molecule has 0 heterocycles. The van der Waals surface area contributed by atoms with E-state index >= 15 is 0 Å². The van der Waals surface area contributed by atoms with E-state index in [0.29, 0.717) is 25.0 Å². The molecule has 1 unspecified atom stereocenters. The molecule has 0 aromatic heterocycles. The van der Waals surface area contributed by atoms with Crippen LogP contribution in [0.1, 0.15) is 50.6 Å². The number of aliphatic hydroxyl groups excluding tert-OH is 1. The Morgan fingerprint density at radius 2 is 1.58 bits per heavy atom. The predicted molar refractivity (Wildman–Crippen MR) is 96.7 cm³/mol. The molecule has 1 atom stereocenters. The largest absolute Gasteiger partial charge is 0.516 e. The number of benzene rings is 2. The molecule has 2 aromatic carbocycles. The molecule has 31 heavy (non-hydrogen) atoms. The second-order valence-electron chi connectivity index (χ2n) is 6.63. The van der Waals surface area contributed by atoms with Crippen molar-refractivity contribution in [3.63, 3.8) is 0 Å². The first-order chi connectivity index (χ1) is 13.5. The molecule has 3 rings (SSSR count). The summed E-state index contributed by atoms with van der Waals surface area (Å²) in [7, 11) is 0. The second-order valence-corrected chi connectivity index (χ2v) is 6.63. The zero-order chi connectivity index (χ0) is 21.4. The number of fused-ring (bicyclic) bond motifs is 1. The Hall–Kier alpha value is -1.91. The standard InChI is InChI=1S/C20H15F6NO2.H2O.Y/c21-19(22,23)14-8-13(9-15(10-14)20(24,25)26)18(29)27-17-4-2-12-7-11(5-6-28)1-3-16(12)17;;/h1,3,5-10,17,28H,2,4H2,(H,27,29);1H2;/b6-5+;;. The van der Waals surface area contributed by atoms with Gasteiger partial charge in [0.15, 0.2) is 0 Å². The van der Waals surface area contributed by atoms with Crippen molar-refractivity contribution < 1.29 is 74.4 Å². The van der Waals surface area contributed by atoms with E-state index in [4.69, 9.17) is 5.11 Å². The Labute approximate surface area is 198 Å².